The quantitative estimate of drug-likeness (QED) is 0.461. The van der Waals surface area contributed by atoms with Gasteiger partial charge >= 0.3 is 0 Å². The second-order valence-corrected chi connectivity index (χ2v) is 8.34. The minimum absolute atomic E-state index is 0.181. The summed E-state index contributed by atoms with van der Waals surface area (Å²) in [5.74, 6) is 1.28. The Morgan fingerprint density at radius 1 is 1.26 bits per heavy atom. The Bertz CT molecular complexity index is 1210. The van der Waals surface area contributed by atoms with Crippen LogP contribution in [0, 0.1) is 6.92 Å². The van der Waals surface area contributed by atoms with Gasteiger partial charge in [0.1, 0.15) is 16.5 Å². The van der Waals surface area contributed by atoms with Crippen LogP contribution in [-0.2, 0) is 12.8 Å². The van der Waals surface area contributed by atoms with Gasteiger partial charge in [0.25, 0.3) is 5.91 Å². The van der Waals surface area contributed by atoms with E-state index in [4.69, 9.17) is 0 Å². The topological polar surface area (TPSA) is 99.7 Å². The van der Waals surface area contributed by atoms with Crippen molar-refractivity contribution in [2.45, 2.75) is 32.7 Å². The Morgan fingerprint density at radius 2 is 2.06 bits per heavy atom. The lowest BCUT2D eigenvalue weighted by molar-refractivity contribution is 0.0938. The van der Waals surface area contributed by atoms with Crippen LogP contribution in [0.2, 0.25) is 0 Å². The molecule has 0 saturated carbocycles. The van der Waals surface area contributed by atoms with Crippen molar-refractivity contribution in [2.75, 3.05) is 19.0 Å². The number of aromatic nitrogens is 5. The Labute approximate surface area is 184 Å². The van der Waals surface area contributed by atoms with Crippen LogP contribution >= 0.6 is 11.5 Å². The van der Waals surface area contributed by atoms with E-state index < -0.39 is 0 Å². The highest BCUT2D eigenvalue weighted by Gasteiger charge is 2.23. The van der Waals surface area contributed by atoms with E-state index in [0.29, 0.717) is 29.2 Å². The molecule has 0 spiro atoms. The summed E-state index contributed by atoms with van der Waals surface area (Å²) in [6.07, 6.45) is 3.24. The Balaban J connectivity index is 1.72. The minimum atomic E-state index is -0.334. The van der Waals surface area contributed by atoms with Gasteiger partial charge in [0.15, 0.2) is 0 Å². The SMILES string of the molecule is CCc1nnsc1C(=O)N[C@@H](Cc1c[nH]c2ccccc12)c1cc(N(C)C)nc(C)n1. The first-order valence-electron chi connectivity index (χ1n) is 10.2. The molecule has 9 heteroatoms. The number of hydrogen-bond donors (Lipinski definition) is 2. The molecular formula is C22H25N7OS. The molecule has 4 rings (SSSR count). The average Bonchev–Trinajstić information content (AvgIpc) is 3.40. The molecule has 0 aliphatic carbocycles. The van der Waals surface area contributed by atoms with Gasteiger partial charge in [-0.05, 0) is 36.5 Å². The number of amides is 1. The number of anilines is 1. The van der Waals surface area contributed by atoms with Crippen molar-refractivity contribution in [3.05, 3.63) is 64.2 Å². The van der Waals surface area contributed by atoms with Gasteiger partial charge in [-0.25, -0.2) is 9.97 Å². The van der Waals surface area contributed by atoms with Crippen molar-refractivity contribution < 1.29 is 4.79 Å². The van der Waals surface area contributed by atoms with Crippen LogP contribution in [0.5, 0.6) is 0 Å². The van der Waals surface area contributed by atoms with Gasteiger partial charge in [-0.1, -0.05) is 29.6 Å². The molecule has 0 fully saturated rings. The number of hydrogen-bond acceptors (Lipinski definition) is 7. The number of fused-ring (bicyclic) bond motifs is 1. The summed E-state index contributed by atoms with van der Waals surface area (Å²) in [5.41, 5.74) is 3.66. The summed E-state index contributed by atoms with van der Waals surface area (Å²) in [6.45, 7) is 3.83. The molecule has 8 nitrogen and oxygen atoms in total. The summed E-state index contributed by atoms with van der Waals surface area (Å²) in [5, 5.41) is 8.38. The van der Waals surface area contributed by atoms with E-state index >= 15 is 0 Å². The molecule has 0 aliphatic heterocycles. The van der Waals surface area contributed by atoms with Crippen LogP contribution < -0.4 is 10.2 Å². The second-order valence-electron chi connectivity index (χ2n) is 7.58. The van der Waals surface area contributed by atoms with Crippen molar-refractivity contribution in [1.82, 2.24) is 29.9 Å². The molecule has 2 N–H and O–H groups in total. The summed E-state index contributed by atoms with van der Waals surface area (Å²) in [7, 11) is 3.88. The predicted octanol–water partition coefficient (Wildman–Crippen LogP) is 3.46. The van der Waals surface area contributed by atoms with Gasteiger partial charge in [0.05, 0.1) is 17.4 Å². The summed E-state index contributed by atoms with van der Waals surface area (Å²) in [6, 6.07) is 9.74. The zero-order chi connectivity index (χ0) is 22.0. The molecule has 0 unspecified atom stereocenters. The van der Waals surface area contributed by atoms with E-state index in [1.54, 1.807) is 0 Å². The maximum Gasteiger partial charge on any atom is 0.265 e. The van der Waals surface area contributed by atoms with Crippen molar-refractivity contribution in [1.29, 1.82) is 0 Å². The van der Waals surface area contributed by atoms with Gasteiger partial charge < -0.3 is 15.2 Å². The highest BCUT2D eigenvalue weighted by Crippen LogP contribution is 2.26. The van der Waals surface area contributed by atoms with Crippen molar-refractivity contribution in [3.63, 3.8) is 0 Å². The van der Waals surface area contributed by atoms with E-state index in [1.807, 2.05) is 63.3 Å². The van der Waals surface area contributed by atoms with Gasteiger partial charge in [-0.3, -0.25) is 4.79 Å². The number of nitrogens with zero attached hydrogens (tertiary/aromatic N) is 5. The summed E-state index contributed by atoms with van der Waals surface area (Å²) >= 11 is 1.12. The molecule has 1 atom stereocenters. The maximum atomic E-state index is 13.1. The molecule has 3 heterocycles. The third-order valence-corrected chi connectivity index (χ3v) is 5.93. The van der Waals surface area contributed by atoms with Crippen LogP contribution in [0.15, 0.2) is 36.5 Å². The average molecular weight is 436 g/mol. The number of aromatic amines is 1. The Morgan fingerprint density at radius 3 is 2.84 bits per heavy atom. The number of aryl methyl sites for hydroxylation is 2. The lowest BCUT2D eigenvalue weighted by Crippen LogP contribution is -2.31. The number of nitrogens with one attached hydrogen (secondary N) is 2. The molecule has 160 valence electrons. The van der Waals surface area contributed by atoms with E-state index in [0.717, 1.165) is 39.5 Å². The summed E-state index contributed by atoms with van der Waals surface area (Å²) in [4.78, 5) is 28.1. The van der Waals surface area contributed by atoms with Crippen molar-refractivity contribution >= 4 is 34.2 Å². The molecule has 0 aliphatic rings. The highest BCUT2D eigenvalue weighted by atomic mass is 32.1. The Kier molecular flexibility index (Phi) is 5.94. The number of para-hydroxylation sites is 1. The van der Waals surface area contributed by atoms with Gasteiger partial charge in [-0.15, -0.1) is 5.10 Å². The zero-order valence-electron chi connectivity index (χ0n) is 18.0. The largest absolute Gasteiger partial charge is 0.363 e. The molecule has 0 radical (unpaired) electrons. The standard InChI is InChI=1S/C22H25N7OS/c1-5-16-21(31-28-27-16)22(30)26-18(19-11-20(29(3)4)25-13(2)24-19)10-14-12-23-17-9-7-6-8-15(14)17/h6-9,11-12,18,23H,5,10H2,1-4H3,(H,26,30)/t18-/m0/s1. The van der Waals surface area contributed by atoms with Crippen LogP contribution in [0.3, 0.4) is 0 Å². The van der Waals surface area contributed by atoms with E-state index in [-0.39, 0.29) is 11.9 Å². The third-order valence-electron chi connectivity index (χ3n) is 5.16. The lowest BCUT2D eigenvalue weighted by Gasteiger charge is -2.20. The fourth-order valence-corrected chi connectivity index (χ4v) is 4.22. The van der Waals surface area contributed by atoms with Gasteiger partial charge in [-0.2, -0.15) is 0 Å². The number of carbonyl (C=O) groups is 1. The van der Waals surface area contributed by atoms with Gasteiger partial charge in [0, 0.05) is 43.7 Å². The van der Waals surface area contributed by atoms with E-state index in [9.17, 15) is 4.79 Å². The first-order chi connectivity index (χ1) is 15.0. The highest BCUT2D eigenvalue weighted by molar-refractivity contribution is 7.08. The fraction of sp³-hybridized carbons (Fsp3) is 0.318. The van der Waals surface area contributed by atoms with Crippen LogP contribution in [0.1, 0.15) is 45.4 Å². The monoisotopic (exact) mass is 435 g/mol. The Hall–Kier alpha value is -3.33. The second kappa shape index (κ2) is 8.81. The van der Waals surface area contributed by atoms with Crippen LogP contribution in [-0.4, -0.2) is 44.5 Å². The third kappa shape index (κ3) is 4.41. The number of H-pyrrole nitrogens is 1. The van der Waals surface area contributed by atoms with Gasteiger partial charge in [0.2, 0.25) is 0 Å². The molecule has 0 saturated heterocycles. The number of carbonyl (C=O) groups excluding carboxylic acids is 1. The molecule has 3 aromatic heterocycles. The van der Waals surface area contributed by atoms with Crippen molar-refractivity contribution in [3.8, 4) is 0 Å². The first kappa shape index (κ1) is 20.9. The molecule has 1 amide bonds. The predicted molar refractivity (Wildman–Crippen MR) is 123 cm³/mol. The molecule has 0 bridgehead atoms. The molecule has 31 heavy (non-hydrogen) atoms. The van der Waals surface area contributed by atoms with E-state index in [2.05, 4.69) is 35.9 Å². The normalized spacial score (nSPS) is 12.1. The minimum Gasteiger partial charge on any atom is -0.363 e. The van der Waals surface area contributed by atoms with Crippen molar-refractivity contribution in [2.24, 2.45) is 0 Å². The number of rotatable bonds is 7. The number of benzene rings is 1. The fourth-order valence-electron chi connectivity index (χ4n) is 3.57. The zero-order valence-corrected chi connectivity index (χ0v) is 18.8. The first-order valence-corrected chi connectivity index (χ1v) is 10.9. The van der Waals surface area contributed by atoms with Crippen LogP contribution in [0.25, 0.3) is 10.9 Å². The van der Waals surface area contributed by atoms with E-state index in [1.165, 1.54) is 0 Å². The smallest absolute Gasteiger partial charge is 0.265 e. The van der Waals surface area contributed by atoms with Crippen LogP contribution in [0.4, 0.5) is 5.82 Å². The maximum absolute atomic E-state index is 13.1. The molecule has 4 aromatic rings. The molecule has 1 aromatic carbocycles. The molecular weight excluding hydrogens is 410 g/mol. The summed E-state index contributed by atoms with van der Waals surface area (Å²) < 4.78 is 3.96. The lowest BCUT2D eigenvalue weighted by atomic mass is 10.0.